The number of benzene rings is 2. The van der Waals surface area contributed by atoms with Crippen LogP contribution < -0.4 is 4.74 Å². The molecule has 0 atom stereocenters. The number of likely N-dealkylation sites (tertiary alicyclic amines) is 1. The molecule has 0 bridgehead atoms. The maximum atomic E-state index is 12.4. The van der Waals surface area contributed by atoms with Gasteiger partial charge in [0.15, 0.2) is 0 Å². The number of fused-ring (bicyclic) bond motifs is 1. The summed E-state index contributed by atoms with van der Waals surface area (Å²) in [6.45, 7) is 4.47. The summed E-state index contributed by atoms with van der Waals surface area (Å²) in [4.78, 5) is 14.2. The molecule has 0 aliphatic carbocycles. The lowest BCUT2D eigenvalue weighted by Crippen LogP contribution is -2.41. The van der Waals surface area contributed by atoms with Crippen molar-refractivity contribution >= 4 is 16.8 Å². The fourth-order valence-corrected chi connectivity index (χ4v) is 3.67. The molecule has 2 aromatic carbocycles. The van der Waals surface area contributed by atoms with Crippen molar-refractivity contribution in [3.8, 4) is 23.1 Å². The second-order valence-electron chi connectivity index (χ2n) is 6.69. The summed E-state index contributed by atoms with van der Waals surface area (Å²) in [7, 11) is 1.64. The fourth-order valence-electron chi connectivity index (χ4n) is 3.67. The molecule has 5 nitrogen and oxygen atoms in total. The summed E-state index contributed by atoms with van der Waals surface area (Å²) in [5, 5.41) is 10.7. The van der Waals surface area contributed by atoms with Crippen LogP contribution in [0.15, 0.2) is 42.5 Å². The van der Waals surface area contributed by atoms with Gasteiger partial charge in [0.1, 0.15) is 11.8 Å². The standard InChI is InChI=1S/C22H21N3O2/c1-3-25-20-13-17(27-2)9-10-18(20)19(14-23)21(25)15-5-7-16(8-6-15)22(26)24-11-4-12-24/h5-10,13H,3-4,11-12H2,1-2H3. The Morgan fingerprint density at radius 1 is 1.19 bits per heavy atom. The van der Waals surface area contributed by atoms with Gasteiger partial charge in [0, 0.05) is 36.7 Å². The van der Waals surface area contributed by atoms with Gasteiger partial charge in [-0.25, -0.2) is 0 Å². The summed E-state index contributed by atoms with van der Waals surface area (Å²) < 4.78 is 7.48. The molecule has 5 heteroatoms. The average molecular weight is 359 g/mol. The number of ether oxygens (including phenoxy) is 1. The van der Waals surface area contributed by atoms with Crippen LogP contribution >= 0.6 is 0 Å². The third-order valence-electron chi connectivity index (χ3n) is 5.25. The molecule has 0 N–H and O–H groups in total. The number of carbonyl (C=O) groups excluding carboxylic acids is 1. The van der Waals surface area contributed by atoms with E-state index in [9.17, 15) is 10.1 Å². The number of rotatable bonds is 4. The molecule has 4 rings (SSSR count). The number of methoxy groups -OCH3 is 1. The lowest BCUT2D eigenvalue weighted by molar-refractivity contribution is 0.0652. The second-order valence-corrected chi connectivity index (χ2v) is 6.69. The van der Waals surface area contributed by atoms with Gasteiger partial charge in [-0.05, 0) is 43.2 Å². The lowest BCUT2D eigenvalue weighted by atomic mass is 10.0. The number of nitrogens with zero attached hydrogens (tertiary/aromatic N) is 3. The van der Waals surface area contributed by atoms with Crippen LogP contribution in [0.1, 0.15) is 29.3 Å². The molecule has 1 saturated heterocycles. The van der Waals surface area contributed by atoms with Gasteiger partial charge >= 0.3 is 0 Å². The number of nitriles is 1. The second kappa shape index (κ2) is 6.81. The first kappa shape index (κ1) is 17.2. The summed E-state index contributed by atoms with van der Waals surface area (Å²) in [6.07, 6.45) is 1.08. The zero-order chi connectivity index (χ0) is 19.0. The number of aryl methyl sites for hydroxylation is 1. The van der Waals surface area contributed by atoms with Gasteiger partial charge in [-0.3, -0.25) is 4.79 Å². The predicted molar refractivity (Wildman–Crippen MR) is 105 cm³/mol. The smallest absolute Gasteiger partial charge is 0.253 e. The molecular formula is C22H21N3O2. The quantitative estimate of drug-likeness (QED) is 0.706. The highest BCUT2D eigenvalue weighted by molar-refractivity contribution is 5.97. The highest BCUT2D eigenvalue weighted by Gasteiger charge is 2.22. The first-order valence-corrected chi connectivity index (χ1v) is 9.18. The lowest BCUT2D eigenvalue weighted by Gasteiger charge is -2.30. The third kappa shape index (κ3) is 2.74. The molecule has 2 heterocycles. The first-order valence-electron chi connectivity index (χ1n) is 9.18. The monoisotopic (exact) mass is 359 g/mol. The fraction of sp³-hybridized carbons (Fsp3) is 0.273. The Labute approximate surface area is 158 Å². The zero-order valence-corrected chi connectivity index (χ0v) is 15.5. The maximum Gasteiger partial charge on any atom is 0.253 e. The van der Waals surface area contributed by atoms with Crippen LogP contribution in [0, 0.1) is 11.3 Å². The van der Waals surface area contributed by atoms with Gasteiger partial charge in [-0.15, -0.1) is 0 Å². The van der Waals surface area contributed by atoms with Crippen LogP contribution in [-0.2, 0) is 6.54 Å². The molecular weight excluding hydrogens is 338 g/mol. The van der Waals surface area contributed by atoms with Crippen LogP contribution in [-0.4, -0.2) is 35.6 Å². The minimum atomic E-state index is 0.0779. The molecule has 0 radical (unpaired) electrons. The molecule has 27 heavy (non-hydrogen) atoms. The van der Waals surface area contributed by atoms with E-state index < -0.39 is 0 Å². The first-order chi connectivity index (χ1) is 13.2. The van der Waals surface area contributed by atoms with Crippen molar-refractivity contribution in [3.05, 3.63) is 53.6 Å². The van der Waals surface area contributed by atoms with Gasteiger partial charge in [-0.2, -0.15) is 5.26 Å². The molecule has 0 unspecified atom stereocenters. The minimum absolute atomic E-state index is 0.0779. The van der Waals surface area contributed by atoms with E-state index in [-0.39, 0.29) is 5.91 Å². The molecule has 1 aromatic heterocycles. The van der Waals surface area contributed by atoms with Gasteiger partial charge in [0.05, 0.1) is 23.9 Å². The number of carbonyl (C=O) groups is 1. The average Bonchev–Trinajstić information content (AvgIpc) is 2.99. The van der Waals surface area contributed by atoms with Crippen LogP contribution in [0.2, 0.25) is 0 Å². The zero-order valence-electron chi connectivity index (χ0n) is 15.5. The molecule has 1 aliphatic heterocycles. The summed E-state index contributed by atoms with van der Waals surface area (Å²) in [5.41, 5.74) is 4.13. The highest BCUT2D eigenvalue weighted by Crippen LogP contribution is 2.35. The Bertz CT molecular complexity index is 1050. The largest absolute Gasteiger partial charge is 0.497 e. The third-order valence-corrected chi connectivity index (χ3v) is 5.25. The van der Waals surface area contributed by atoms with E-state index in [4.69, 9.17) is 4.74 Å². The Kier molecular flexibility index (Phi) is 4.33. The van der Waals surface area contributed by atoms with Crippen LogP contribution in [0.3, 0.4) is 0 Å². The molecule has 136 valence electrons. The minimum Gasteiger partial charge on any atom is -0.497 e. The SMILES string of the molecule is CCn1c(-c2ccc(C(=O)N3CCC3)cc2)c(C#N)c2ccc(OC)cc21. The number of hydrogen-bond donors (Lipinski definition) is 0. The van der Waals surface area contributed by atoms with E-state index in [1.165, 1.54) is 0 Å². The van der Waals surface area contributed by atoms with Crippen molar-refractivity contribution in [1.29, 1.82) is 5.26 Å². The van der Waals surface area contributed by atoms with Crippen molar-refractivity contribution in [2.75, 3.05) is 20.2 Å². The van der Waals surface area contributed by atoms with Crippen LogP contribution in [0.4, 0.5) is 0 Å². The Morgan fingerprint density at radius 2 is 1.93 bits per heavy atom. The van der Waals surface area contributed by atoms with Crippen molar-refractivity contribution in [2.24, 2.45) is 0 Å². The van der Waals surface area contributed by atoms with E-state index in [2.05, 4.69) is 17.6 Å². The van der Waals surface area contributed by atoms with Crippen molar-refractivity contribution in [2.45, 2.75) is 19.9 Å². The van der Waals surface area contributed by atoms with Crippen molar-refractivity contribution < 1.29 is 9.53 Å². The topological polar surface area (TPSA) is 58.3 Å². The Balaban J connectivity index is 1.83. The predicted octanol–water partition coefficient (Wildman–Crippen LogP) is 4.05. The summed E-state index contributed by atoms with van der Waals surface area (Å²) in [6, 6.07) is 15.7. The molecule has 1 fully saturated rings. The van der Waals surface area contributed by atoms with Gasteiger partial charge in [0.2, 0.25) is 0 Å². The normalized spacial score (nSPS) is 13.3. The molecule has 3 aromatic rings. The van der Waals surface area contributed by atoms with E-state index in [1.807, 2.05) is 47.4 Å². The number of aromatic nitrogens is 1. The van der Waals surface area contributed by atoms with E-state index in [0.29, 0.717) is 11.1 Å². The van der Waals surface area contributed by atoms with Crippen molar-refractivity contribution in [1.82, 2.24) is 9.47 Å². The molecule has 1 amide bonds. The Hall–Kier alpha value is -3.26. The number of amides is 1. The van der Waals surface area contributed by atoms with E-state index >= 15 is 0 Å². The molecule has 0 saturated carbocycles. The Morgan fingerprint density at radius 3 is 2.48 bits per heavy atom. The molecule has 1 aliphatic rings. The van der Waals surface area contributed by atoms with Crippen molar-refractivity contribution in [3.63, 3.8) is 0 Å². The number of hydrogen-bond acceptors (Lipinski definition) is 3. The maximum absolute atomic E-state index is 12.4. The van der Waals surface area contributed by atoms with E-state index in [0.717, 1.165) is 54.0 Å². The summed E-state index contributed by atoms with van der Waals surface area (Å²) >= 11 is 0. The van der Waals surface area contributed by atoms with Gasteiger partial charge in [-0.1, -0.05) is 12.1 Å². The highest BCUT2D eigenvalue weighted by atomic mass is 16.5. The van der Waals surface area contributed by atoms with E-state index in [1.54, 1.807) is 7.11 Å². The molecule has 0 spiro atoms. The summed E-state index contributed by atoms with van der Waals surface area (Å²) in [5.74, 6) is 0.843. The van der Waals surface area contributed by atoms with Gasteiger partial charge in [0.25, 0.3) is 5.91 Å². The van der Waals surface area contributed by atoms with Gasteiger partial charge < -0.3 is 14.2 Å². The van der Waals surface area contributed by atoms with Crippen LogP contribution in [0.5, 0.6) is 5.75 Å². The van der Waals surface area contributed by atoms with Crippen LogP contribution in [0.25, 0.3) is 22.2 Å².